The Morgan fingerprint density at radius 1 is 1.08 bits per heavy atom. The number of piperidine rings is 1. The van der Waals surface area contributed by atoms with Gasteiger partial charge in [-0.05, 0) is 57.2 Å². The van der Waals surface area contributed by atoms with E-state index in [0.29, 0.717) is 22.9 Å². The second kappa shape index (κ2) is 8.37. The molecular weight excluding hydrogens is 344 g/mol. The number of aromatic nitrogens is 2. The van der Waals surface area contributed by atoms with Crippen molar-refractivity contribution in [1.82, 2.24) is 15.3 Å². The second-order valence-corrected chi connectivity index (χ2v) is 8.61. The van der Waals surface area contributed by atoms with E-state index in [9.17, 15) is 0 Å². The van der Waals surface area contributed by atoms with Crippen molar-refractivity contribution in [3.8, 4) is 0 Å². The number of rotatable bonds is 4. The number of hydrogen-bond acceptors (Lipinski definition) is 5. The lowest BCUT2D eigenvalue weighted by Crippen LogP contribution is -2.39. The van der Waals surface area contributed by atoms with Gasteiger partial charge in [-0.1, -0.05) is 13.8 Å². The molecule has 2 fully saturated rings. The van der Waals surface area contributed by atoms with Crippen LogP contribution < -0.4 is 20.4 Å². The number of hydrogen-bond donors (Lipinski definition) is 2. The molecule has 2 N–H and O–H groups in total. The van der Waals surface area contributed by atoms with Crippen molar-refractivity contribution < 1.29 is 0 Å². The zero-order valence-electron chi connectivity index (χ0n) is 16.5. The van der Waals surface area contributed by atoms with Gasteiger partial charge >= 0.3 is 0 Å². The number of nitrogens with zero attached hydrogens (tertiary/aromatic N) is 4. The van der Waals surface area contributed by atoms with Crippen molar-refractivity contribution in [2.24, 2.45) is 11.8 Å². The second-order valence-electron chi connectivity index (χ2n) is 8.21. The topological polar surface area (TPSA) is 56.3 Å². The van der Waals surface area contributed by atoms with E-state index in [0.717, 1.165) is 37.8 Å². The maximum absolute atomic E-state index is 5.40. The molecule has 26 heavy (non-hydrogen) atoms. The minimum atomic E-state index is 0.278. The molecule has 2 aliphatic rings. The maximum Gasteiger partial charge on any atom is 0.232 e. The van der Waals surface area contributed by atoms with Gasteiger partial charge < -0.3 is 20.4 Å². The van der Waals surface area contributed by atoms with Crippen LogP contribution >= 0.6 is 12.2 Å². The molecule has 0 unspecified atom stereocenters. The summed E-state index contributed by atoms with van der Waals surface area (Å²) < 4.78 is 0. The van der Waals surface area contributed by atoms with Crippen molar-refractivity contribution in [1.29, 1.82) is 0 Å². The van der Waals surface area contributed by atoms with Gasteiger partial charge in [-0.3, -0.25) is 0 Å². The van der Waals surface area contributed by atoms with Gasteiger partial charge in [-0.25, -0.2) is 0 Å². The summed E-state index contributed by atoms with van der Waals surface area (Å²) in [6.45, 7) is 13.0. The Hall–Kier alpha value is -1.63. The average molecular weight is 377 g/mol. The molecule has 1 aromatic heterocycles. The molecule has 1 aromatic rings. The van der Waals surface area contributed by atoms with Crippen LogP contribution in [0.1, 0.15) is 47.0 Å². The Morgan fingerprint density at radius 3 is 2.23 bits per heavy atom. The summed E-state index contributed by atoms with van der Waals surface area (Å²) in [6, 6.07) is 2.43. The monoisotopic (exact) mass is 376 g/mol. The predicted molar refractivity (Wildman–Crippen MR) is 113 cm³/mol. The van der Waals surface area contributed by atoms with E-state index in [4.69, 9.17) is 22.2 Å². The first-order valence-electron chi connectivity index (χ1n) is 9.87. The molecule has 0 aliphatic carbocycles. The highest BCUT2D eigenvalue weighted by Crippen LogP contribution is 2.29. The van der Waals surface area contributed by atoms with Gasteiger partial charge in [-0.15, -0.1) is 0 Å². The third-order valence-electron chi connectivity index (χ3n) is 4.97. The first kappa shape index (κ1) is 19.1. The third kappa shape index (κ3) is 4.96. The lowest BCUT2D eigenvalue weighted by atomic mass is 9.92. The van der Waals surface area contributed by atoms with E-state index in [2.05, 4.69) is 54.2 Å². The lowest BCUT2D eigenvalue weighted by molar-refractivity contribution is 0.355. The highest BCUT2D eigenvalue weighted by atomic mass is 32.1. The Kier molecular flexibility index (Phi) is 6.16. The van der Waals surface area contributed by atoms with Crippen molar-refractivity contribution in [2.75, 3.05) is 41.3 Å². The molecule has 7 heteroatoms. The smallest absolute Gasteiger partial charge is 0.232 e. The summed E-state index contributed by atoms with van der Waals surface area (Å²) in [5.41, 5.74) is 0. The van der Waals surface area contributed by atoms with Crippen LogP contribution in [0.5, 0.6) is 0 Å². The van der Waals surface area contributed by atoms with Gasteiger partial charge in [0.25, 0.3) is 0 Å². The first-order valence-corrected chi connectivity index (χ1v) is 10.3. The summed E-state index contributed by atoms with van der Waals surface area (Å²) in [4.78, 5) is 14.3. The van der Waals surface area contributed by atoms with E-state index in [1.54, 1.807) is 0 Å². The molecule has 2 aliphatic heterocycles. The van der Waals surface area contributed by atoms with Crippen molar-refractivity contribution in [3.05, 3.63) is 6.07 Å². The van der Waals surface area contributed by atoms with E-state index >= 15 is 0 Å². The van der Waals surface area contributed by atoms with Gasteiger partial charge in [0.2, 0.25) is 5.95 Å². The Balaban J connectivity index is 1.86. The molecule has 0 radical (unpaired) electrons. The zero-order valence-corrected chi connectivity index (χ0v) is 17.3. The van der Waals surface area contributed by atoms with Crippen LogP contribution in [0.2, 0.25) is 0 Å². The molecule has 6 nitrogen and oxygen atoms in total. The summed E-state index contributed by atoms with van der Waals surface area (Å²) in [5, 5.41) is 6.96. The fraction of sp³-hybridized carbons (Fsp3) is 0.737. The number of nitrogens with one attached hydrogen (secondary N) is 2. The predicted octanol–water partition coefficient (Wildman–Crippen LogP) is 3.25. The quantitative estimate of drug-likeness (QED) is 0.782. The molecule has 2 atom stereocenters. The largest absolute Gasteiger partial charge is 0.360 e. The summed E-state index contributed by atoms with van der Waals surface area (Å²) in [6.07, 6.45) is 3.74. The molecule has 0 bridgehead atoms. The highest BCUT2D eigenvalue weighted by molar-refractivity contribution is 7.80. The van der Waals surface area contributed by atoms with Crippen molar-refractivity contribution >= 4 is 34.9 Å². The zero-order chi connectivity index (χ0) is 18.7. The van der Waals surface area contributed by atoms with Gasteiger partial charge in [0, 0.05) is 38.3 Å². The molecule has 0 spiro atoms. The number of anilines is 3. The normalized spacial score (nSPS) is 23.4. The molecule has 3 heterocycles. The first-order chi connectivity index (χ1) is 12.4. The fourth-order valence-corrected chi connectivity index (χ4v) is 4.32. The number of thiocarbonyl (C=S) groups is 1. The Bertz CT molecular complexity index is 618. The maximum atomic E-state index is 5.40. The fourth-order valence-electron chi connectivity index (χ4n) is 4.00. The highest BCUT2D eigenvalue weighted by Gasteiger charge is 2.25. The molecule has 0 amide bonds. The van der Waals surface area contributed by atoms with Crippen LogP contribution in [0.25, 0.3) is 0 Å². The summed E-state index contributed by atoms with van der Waals surface area (Å²) >= 11 is 5.40. The molecular formula is C19H32N6S. The molecule has 2 saturated heterocycles. The van der Waals surface area contributed by atoms with Gasteiger partial charge in [0.05, 0.1) is 0 Å². The standard InChI is InChI=1S/C19H32N6S/c1-13(2)20-19(26)23-18-21-16(24-7-5-6-8-24)10-17(22-18)25-11-14(3)9-15(4)12-25/h10,13-15H,5-9,11-12H2,1-4H3,(H2,20,21,22,23,26)/t14-,15+. The van der Waals surface area contributed by atoms with Gasteiger partial charge in [0.15, 0.2) is 5.11 Å². The van der Waals surface area contributed by atoms with E-state index in [1.165, 1.54) is 19.3 Å². The minimum Gasteiger partial charge on any atom is -0.360 e. The molecule has 3 rings (SSSR count). The minimum absolute atomic E-state index is 0.278. The van der Waals surface area contributed by atoms with Gasteiger partial charge in [-0.2, -0.15) is 9.97 Å². The van der Waals surface area contributed by atoms with Crippen LogP contribution in [0, 0.1) is 11.8 Å². The molecule has 0 aromatic carbocycles. The SMILES string of the molecule is CC(C)NC(=S)Nc1nc(N2CCCC2)cc(N2C[C@H](C)C[C@H](C)C2)n1. The summed E-state index contributed by atoms with van der Waals surface area (Å²) in [5.74, 6) is 3.98. The van der Waals surface area contributed by atoms with Crippen LogP contribution in [0.3, 0.4) is 0 Å². The van der Waals surface area contributed by atoms with E-state index in [1.807, 2.05) is 0 Å². The van der Waals surface area contributed by atoms with Crippen molar-refractivity contribution in [2.45, 2.75) is 53.0 Å². The van der Waals surface area contributed by atoms with E-state index < -0.39 is 0 Å². The molecule has 0 saturated carbocycles. The lowest BCUT2D eigenvalue weighted by Gasteiger charge is -2.36. The van der Waals surface area contributed by atoms with Crippen LogP contribution in [0.15, 0.2) is 6.07 Å². The van der Waals surface area contributed by atoms with Crippen LogP contribution in [-0.2, 0) is 0 Å². The van der Waals surface area contributed by atoms with Gasteiger partial charge in [0.1, 0.15) is 11.6 Å². The van der Waals surface area contributed by atoms with Crippen LogP contribution in [-0.4, -0.2) is 47.3 Å². The van der Waals surface area contributed by atoms with Crippen LogP contribution in [0.4, 0.5) is 17.6 Å². The molecule has 144 valence electrons. The summed E-state index contributed by atoms with van der Waals surface area (Å²) in [7, 11) is 0. The Morgan fingerprint density at radius 2 is 1.65 bits per heavy atom. The third-order valence-corrected chi connectivity index (χ3v) is 5.19. The van der Waals surface area contributed by atoms with E-state index in [-0.39, 0.29) is 6.04 Å². The average Bonchev–Trinajstić information content (AvgIpc) is 3.07. The Labute approximate surface area is 162 Å². The van der Waals surface area contributed by atoms with Crippen molar-refractivity contribution in [3.63, 3.8) is 0 Å².